The molecule has 26 heavy (non-hydrogen) atoms. The molecule has 0 saturated carbocycles. The van der Waals surface area contributed by atoms with E-state index in [4.69, 9.17) is 9.47 Å². The number of hydrogen-bond donors (Lipinski definition) is 2. The Morgan fingerprint density at radius 2 is 1.54 bits per heavy atom. The maximum Gasteiger partial charge on any atom is 0.411 e. The summed E-state index contributed by atoms with van der Waals surface area (Å²) < 4.78 is 51.1. The molecule has 0 saturated heterocycles. The molecule has 0 rings (SSSR count). The van der Waals surface area contributed by atoms with Crippen LogP contribution in [-0.2, 0) is 14.2 Å². The minimum absolute atomic E-state index is 0. The third-order valence-corrected chi connectivity index (χ3v) is 2.88. The van der Waals surface area contributed by atoms with E-state index in [1.807, 2.05) is 6.92 Å². The van der Waals surface area contributed by atoms with E-state index in [1.165, 1.54) is 0 Å². The summed E-state index contributed by atoms with van der Waals surface area (Å²) >= 11 is 0. The SMILES string of the molecule is CCCCOCCOCCNC(=NCCCOCC(F)(F)F)NCC.I. The minimum atomic E-state index is -4.28. The summed E-state index contributed by atoms with van der Waals surface area (Å²) in [6.07, 6.45) is -1.67. The lowest BCUT2D eigenvalue weighted by Crippen LogP contribution is -2.39. The van der Waals surface area contributed by atoms with Crippen LogP contribution in [0.5, 0.6) is 0 Å². The standard InChI is InChI=1S/C16H32F3N3O3.HI/c1-3-5-9-23-12-13-24-11-8-22-15(20-4-2)21-7-6-10-25-14-16(17,18)19;/h3-14H2,1-2H3,(H2,20,21,22);1H. The Morgan fingerprint density at radius 3 is 2.15 bits per heavy atom. The van der Waals surface area contributed by atoms with Gasteiger partial charge in [-0.05, 0) is 19.8 Å². The van der Waals surface area contributed by atoms with Gasteiger partial charge in [0.25, 0.3) is 0 Å². The van der Waals surface area contributed by atoms with E-state index < -0.39 is 12.8 Å². The lowest BCUT2D eigenvalue weighted by atomic mass is 10.4. The molecule has 0 aliphatic rings. The predicted octanol–water partition coefficient (Wildman–Crippen LogP) is 2.96. The van der Waals surface area contributed by atoms with Crippen molar-refractivity contribution in [3.8, 4) is 0 Å². The van der Waals surface area contributed by atoms with Gasteiger partial charge in [-0.25, -0.2) is 0 Å². The topological polar surface area (TPSA) is 64.1 Å². The van der Waals surface area contributed by atoms with Crippen molar-refractivity contribution in [2.24, 2.45) is 4.99 Å². The molecule has 0 radical (unpaired) electrons. The summed E-state index contributed by atoms with van der Waals surface area (Å²) in [5.41, 5.74) is 0. The molecule has 0 unspecified atom stereocenters. The number of aliphatic imine (C=N–C) groups is 1. The van der Waals surface area contributed by atoms with Gasteiger partial charge in [0.1, 0.15) is 6.61 Å². The summed E-state index contributed by atoms with van der Waals surface area (Å²) in [5, 5.41) is 6.16. The second-order valence-electron chi connectivity index (χ2n) is 5.29. The van der Waals surface area contributed by atoms with Crippen molar-refractivity contribution >= 4 is 29.9 Å². The van der Waals surface area contributed by atoms with Crippen molar-refractivity contribution in [2.75, 3.05) is 59.3 Å². The van der Waals surface area contributed by atoms with Crippen LogP contribution in [0.1, 0.15) is 33.1 Å². The number of unbranched alkanes of at least 4 members (excludes halogenated alkanes) is 1. The fraction of sp³-hybridized carbons (Fsp3) is 0.938. The van der Waals surface area contributed by atoms with Crippen LogP contribution in [0.4, 0.5) is 13.2 Å². The van der Waals surface area contributed by atoms with Crippen LogP contribution >= 0.6 is 24.0 Å². The van der Waals surface area contributed by atoms with Crippen molar-refractivity contribution < 1.29 is 27.4 Å². The highest BCUT2D eigenvalue weighted by Crippen LogP contribution is 2.14. The summed E-state index contributed by atoms with van der Waals surface area (Å²) in [4.78, 5) is 4.27. The van der Waals surface area contributed by atoms with Crippen LogP contribution in [0.2, 0.25) is 0 Å². The van der Waals surface area contributed by atoms with E-state index in [0.717, 1.165) is 19.4 Å². The number of alkyl halides is 3. The zero-order valence-corrected chi connectivity index (χ0v) is 18.0. The van der Waals surface area contributed by atoms with E-state index >= 15 is 0 Å². The lowest BCUT2D eigenvalue weighted by molar-refractivity contribution is -0.173. The molecule has 0 bridgehead atoms. The van der Waals surface area contributed by atoms with Gasteiger partial charge in [0.05, 0.1) is 19.8 Å². The molecule has 6 nitrogen and oxygen atoms in total. The number of hydrogen-bond acceptors (Lipinski definition) is 4. The molecule has 0 atom stereocenters. The fourth-order valence-corrected chi connectivity index (χ4v) is 1.70. The first-order chi connectivity index (χ1) is 12.0. The van der Waals surface area contributed by atoms with Crippen LogP contribution in [0.15, 0.2) is 4.99 Å². The van der Waals surface area contributed by atoms with Crippen molar-refractivity contribution in [3.05, 3.63) is 0 Å². The molecule has 0 aromatic carbocycles. The first kappa shape index (κ1) is 27.9. The summed E-state index contributed by atoms with van der Waals surface area (Å²) in [6, 6.07) is 0. The molecular formula is C16H33F3IN3O3. The molecule has 0 aromatic heterocycles. The smallest absolute Gasteiger partial charge is 0.379 e. The molecule has 10 heteroatoms. The highest BCUT2D eigenvalue weighted by Gasteiger charge is 2.27. The Bertz CT molecular complexity index is 336. The van der Waals surface area contributed by atoms with Gasteiger partial charge in [0.15, 0.2) is 5.96 Å². The van der Waals surface area contributed by atoms with Gasteiger partial charge in [-0.3, -0.25) is 4.99 Å². The monoisotopic (exact) mass is 499 g/mol. The van der Waals surface area contributed by atoms with Crippen molar-refractivity contribution in [1.82, 2.24) is 10.6 Å². The Morgan fingerprint density at radius 1 is 0.885 bits per heavy atom. The van der Waals surface area contributed by atoms with Crippen molar-refractivity contribution in [3.63, 3.8) is 0 Å². The van der Waals surface area contributed by atoms with Gasteiger partial charge in [0, 0.05) is 32.8 Å². The zero-order valence-electron chi connectivity index (χ0n) is 15.7. The molecule has 0 amide bonds. The van der Waals surface area contributed by atoms with Crippen LogP contribution in [0.25, 0.3) is 0 Å². The molecule has 0 fully saturated rings. The quantitative estimate of drug-likeness (QED) is 0.157. The third kappa shape index (κ3) is 21.7. The van der Waals surface area contributed by atoms with Crippen LogP contribution in [0, 0.1) is 0 Å². The second-order valence-corrected chi connectivity index (χ2v) is 5.29. The highest BCUT2D eigenvalue weighted by atomic mass is 127. The number of halogens is 4. The third-order valence-electron chi connectivity index (χ3n) is 2.88. The molecule has 0 aromatic rings. The van der Waals surface area contributed by atoms with E-state index in [2.05, 4.69) is 27.3 Å². The number of guanidine groups is 1. The summed E-state index contributed by atoms with van der Waals surface area (Å²) in [5.74, 6) is 0.612. The molecular weight excluding hydrogens is 466 g/mol. The molecule has 158 valence electrons. The van der Waals surface area contributed by atoms with E-state index in [-0.39, 0.29) is 30.6 Å². The number of nitrogens with zero attached hydrogens (tertiary/aromatic N) is 1. The van der Waals surface area contributed by atoms with Crippen molar-refractivity contribution in [2.45, 2.75) is 39.3 Å². The summed E-state index contributed by atoms with van der Waals surface area (Å²) in [7, 11) is 0. The van der Waals surface area contributed by atoms with Gasteiger partial charge < -0.3 is 24.8 Å². The zero-order chi connectivity index (χ0) is 18.8. The Balaban J connectivity index is 0. The van der Waals surface area contributed by atoms with E-state index in [9.17, 15) is 13.2 Å². The van der Waals surface area contributed by atoms with Gasteiger partial charge in [-0.2, -0.15) is 13.2 Å². The van der Waals surface area contributed by atoms with Crippen LogP contribution in [0.3, 0.4) is 0 Å². The lowest BCUT2D eigenvalue weighted by Gasteiger charge is -2.12. The number of nitrogens with one attached hydrogen (secondary N) is 2. The summed E-state index contributed by atoms with van der Waals surface area (Å²) in [6.45, 7) is 6.98. The number of ether oxygens (including phenoxy) is 3. The maximum absolute atomic E-state index is 11.9. The highest BCUT2D eigenvalue weighted by molar-refractivity contribution is 14.0. The average Bonchev–Trinajstić information content (AvgIpc) is 2.55. The fourth-order valence-electron chi connectivity index (χ4n) is 1.70. The minimum Gasteiger partial charge on any atom is -0.379 e. The Kier molecular flexibility index (Phi) is 20.8. The molecule has 0 spiro atoms. The Hall–Kier alpha value is -0.330. The molecule has 0 heterocycles. The van der Waals surface area contributed by atoms with E-state index in [0.29, 0.717) is 51.8 Å². The van der Waals surface area contributed by atoms with Gasteiger partial charge in [-0.15, -0.1) is 24.0 Å². The largest absolute Gasteiger partial charge is 0.411 e. The van der Waals surface area contributed by atoms with E-state index in [1.54, 1.807) is 0 Å². The van der Waals surface area contributed by atoms with Gasteiger partial charge >= 0.3 is 6.18 Å². The normalized spacial score (nSPS) is 12.0. The van der Waals surface area contributed by atoms with Gasteiger partial charge in [0.2, 0.25) is 0 Å². The average molecular weight is 499 g/mol. The first-order valence-electron chi connectivity index (χ1n) is 8.81. The molecule has 2 N–H and O–H groups in total. The molecule has 0 aliphatic heterocycles. The molecule has 0 aliphatic carbocycles. The predicted molar refractivity (Wildman–Crippen MR) is 107 cm³/mol. The van der Waals surface area contributed by atoms with Crippen LogP contribution in [-0.4, -0.2) is 71.4 Å². The maximum atomic E-state index is 11.9. The Labute approximate surface area is 171 Å². The first-order valence-corrected chi connectivity index (χ1v) is 8.81. The van der Waals surface area contributed by atoms with Crippen molar-refractivity contribution in [1.29, 1.82) is 0 Å². The van der Waals surface area contributed by atoms with Crippen LogP contribution < -0.4 is 10.6 Å². The number of rotatable bonds is 15. The van der Waals surface area contributed by atoms with Gasteiger partial charge in [-0.1, -0.05) is 13.3 Å². The second kappa shape index (κ2) is 19.4.